The monoisotopic (exact) mass is 503 g/mol. The number of fused-ring (bicyclic) bond motifs is 1. The Kier molecular flexibility index (Phi) is 6.31. The molecule has 0 fully saturated rings. The summed E-state index contributed by atoms with van der Waals surface area (Å²) in [6.07, 6.45) is 1.62. The maximum atomic E-state index is 12.2. The van der Waals surface area contributed by atoms with E-state index < -0.39 is 5.97 Å². The summed E-state index contributed by atoms with van der Waals surface area (Å²) in [5.41, 5.74) is 3.94. The zero-order valence-corrected chi connectivity index (χ0v) is 19.9. The molecule has 0 atom stereocenters. The summed E-state index contributed by atoms with van der Waals surface area (Å²) >= 11 is 6.98. The second kappa shape index (κ2) is 9.69. The maximum Gasteiger partial charge on any atom is 0.342 e. The van der Waals surface area contributed by atoms with Crippen LogP contribution >= 0.6 is 23.4 Å². The molecule has 0 saturated carbocycles. The van der Waals surface area contributed by atoms with Crippen LogP contribution in [-0.2, 0) is 4.79 Å². The van der Waals surface area contributed by atoms with Crippen LogP contribution < -0.4 is 4.74 Å². The number of aromatic amines is 1. The van der Waals surface area contributed by atoms with Gasteiger partial charge in [0.1, 0.15) is 10.7 Å². The van der Waals surface area contributed by atoms with Crippen LogP contribution in [0.1, 0.15) is 5.56 Å². The van der Waals surface area contributed by atoms with Gasteiger partial charge in [-0.05, 0) is 47.7 Å². The average Bonchev–Trinajstić information content (AvgIpc) is 3.49. The van der Waals surface area contributed by atoms with E-state index >= 15 is 0 Å². The standard InChI is InChI=1S/C26H18ClN3O4S/c1-33-21-12-11-16(27)13-19(21)24-29-30-26(34-24)35-22(25(31)32)14-18-17-9-5-6-10-20(17)28-23(18)15-7-3-2-4-8-15/h2-14,28H,1H3,(H,31,32)/b22-14-. The lowest BCUT2D eigenvalue weighted by Gasteiger charge is -2.05. The number of hydrogen-bond donors (Lipinski definition) is 2. The maximum absolute atomic E-state index is 12.2. The Morgan fingerprint density at radius 1 is 1.09 bits per heavy atom. The molecule has 2 heterocycles. The van der Waals surface area contributed by atoms with Crippen molar-refractivity contribution in [1.82, 2.24) is 15.2 Å². The molecular formula is C26H18ClN3O4S. The van der Waals surface area contributed by atoms with Gasteiger partial charge in [0.05, 0.1) is 18.4 Å². The molecule has 0 radical (unpaired) electrons. The number of carboxylic acids is 1. The Morgan fingerprint density at radius 2 is 1.86 bits per heavy atom. The lowest BCUT2D eigenvalue weighted by atomic mass is 10.0. The van der Waals surface area contributed by atoms with Gasteiger partial charge in [-0.25, -0.2) is 4.79 Å². The van der Waals surface area contributed by atoms with E-state index in [1.807, 2.05) is 54.6 Å². The first-order chi connectivity index (χ1) is 17.0. The zero-order valence-electron chi connectivity index (χ0n) is 18.4. The summed E-state index contributed by atoms with van der Waals surface area (Å²) in [7, 11) is 1.52. The van der Waals surface area contributed by atoms with Crippen molar-refractivity contribution in [2.24, 2.45) is 0 Å². The van der Waals surface area contributed by atoms with Gasteiger partial charge in [0.25, 0.3) is 11.1 Å². The van der Waals surface area contributed by atoms with E-state index in [0.717, 1.165) is 39.5 Å². The topological polar surface area (TPSA) is 101 Å². The number of benzene rings is 3. The minimum absolute atomic E-state index is 0.0280. The highest BCUT2D eigenvalue weighted by Crippen LogP contribution is 2.37. The van der Waals surface area contributed by atoms with Crippen LogP contribution in [0.4, 0.5) is 0 Å². The van der Waals surface area contributed by atoms with Crippen molar-refractivity contribution < 1.29 is 19.1 Å². The van der Waals surface area contributed by atoms with E-state index in [1.54, 1.807) is 24.3 Å². The first-order valence-electron chi connectivity index (χ1n) is 10.5. The number of thioether (sulfide) groups is 1. The van der Waals surface area contributed by atoms with Crippen molar-refractivity contribution >= 4 is 46.3 Å². The predicted molar refractivity (Wildman–Crippen MR) is 137 cm³/mol. The molecule has 0 amide bonds. The molecule has 5 aromatic rings. The molecule has 0 saturated heterocycles. The predicted octanol–water partition coefficient (Wildman–Crippen LogP) is 6.76. The molecule has 5 rings (SSSR count). The van der Waals surface area contributed by atoms with E-state index in [1.165, 1.54) is 7.11 Å². The van der Waals surface area contributed by atoms with Crippen molar-refractivity contribution in [2.75, 3.05) is 7.11 Å². The minimum Gasteiger partial charge on any atom is -0.496 e. The molecule has 7 nitrogen and oxygen atoms in total. The molecule has 2 N–H and O–H groups in total. The fraction of sp³-hybridized carbons (Fsp3) is 0.0385. The van der Waals surface area contributed by atoms with Gasteiger partial charge < -0.3 is 19.2 Å². The van der Waals surface area contributed by atoms with Crippen LogP contribution in [0.3, 0.4) is 0 Å². The lowest BCUT2D eigenvalue weighted by molar-refractivity contribution is -0.131. The molecule has 174 valence electrons. The number of para-hydroxylation sites is 1. The van der Waals surface area contributed by atoms with Gasteiger partial charge in [-0.15, -0.1) is 10.2 Å². The normalized spacial score (nSPS) is 11.7. The number of nitrogens with one attached hydrogen (secondary N) is 1. The van der Waals surface area contributed by atoms with Crippen LogP contribution in [0, 0.1) is 0 Å². The van der Waals surface area contributed by atoms with E-state index in [4.69, 9.17) is 20.8 Å². The van der Waals surface area contributed by atoms with Gasteiger partial charge in [-0.1, -0.05) is 60.1 Å². The number of carboxylic acid groups (broad SMARTS) is 1. The SMILES string of the molecule is COc1ccc(Cl)cc1-c1nnc(S/C(=C\c2c(-c3ccccc3)[nH]c3ccccc23)C(=O)O)o1. The minimum atomic E-state index is -1.11. The number of carbonyl (C=O) groups is 1. The average molecular weight is 504 g/mol. The van der Waals surface area contributed by atoms with Crippen LogP contribution in [-0.4, -0.2) is 33.4 Å². The summed E-state index contributed by atoms with van der Waals surface area (Å²) in [6, 6.07) is 22.5. The first-order valence-corrected chi connectivity index (χ1v) is 11.7. The number of rotatable bonds is 7. The van der Waals surface area contributed by atoms with Crippen molar-refractivity contribution in [1.29, 1.82) is 0 Å². The van der Waals surface area contributed by atoms with E-state index in [-0.39, 0.29) is 16.0 Å². The number of H-pyrrole nitrogens is 1. The molecule has 0 spiro atoms. The third-order valence-electron chi connectivity index (χ3n) is 5.29. The molecule has 9 heteroatoms. The largest absolute Gasteiger partial charge is 0.496 e. The van der Waals surface area contributed by atoms with E-state index in [0.29, 0.717) is 16.3 Å². The van der Waals surface area contributed by atoms with Gasteiger partial charge in [-0.3, -0.25) is 0 Å². The number of halogens is 1. The fourth-order valence-electron chi connectivity index (χ4n) is 3.71. The molecule has 35 heavy (non-hydrogen) atoms. The summed E-state index contributed by atoms with van der Waals surface area (Å²) in [4.78, 5) is 15.6. The number of hydrogen-bond acceptors (Lipinski definition) is 6. The summed E-state index contributed by atoms with van der Waals surface area (Å²) < 4.78 is 11.1. The highest BCUT2D eigenvalue weighted by molar-refractivity contribution is 8.03. The third-order valence-corrected chi connectivity index (χ3v) is 6.38. The molecule has 3 aromatic carbocycles. The van der Waals surface area contributed by atoms with Gasteiger partial charge in [0.15, 0.2) is 0 Å². The van der Waals surface area contributed by atoms with E-state index in [2.05, 4.69) is 15.2 Å². The molecule has 0 unspecified atom stereocenters. The quantitative estimate of drug-likeness (QED) is 0.187. The first kappa shape index (κ1) is 22.8. The van der Waals surface area contributed by atoms with Gasteiger partial charge in [-0.2, -0.15) is 0 Å². The Balaban J connectivity index is 1.55. The Bertz CT molecular complexity index is 1560. The summed E-state index contributed by atoms with van der Waals surface area (Å²) in [6.45, 7) is 0. The van der Waals surface area contributed by atoms with E-state index in [9.17, 15) is 9.90 Å². The van der Waals surface area contributed by atoms with Gasteiger partial charge >= 0.3 is 5.97 Å². The zero-order chi connectivity index (χ0) is 24.4. The third kappa shape index (κ3) is 4.66. The van der Waals surface area contributed by atoms with Gasteiger partial charge in [0.2, 0.25) is 0 Å². The van der Waals surface area contributed by atoms with Crippen LogP contribution in [0.5, 0.6) is 5.75 Å². The van der Waals surface area contributed by atoms with Crippen LogP contribution in [0.25, 0.3) is 39.7 Å². The Labute approximate surface area is 209 Å². The molecule has 0 aliphatic rings. The summed E-state index contributed by atoms with van der Waals surface area (Å²) in [5, 5.41) is 19.5. The van der Waals surface area contributed by atoms with Crippen molar-refractivity contribution in [2.45, 2.75) is 5.22 Å². The smallest absolute Gasteiger partial charge is 0.342 e. The molecule has 0 aliphatic heterocycles. The Morgan fingerprint density at radius 3 is 2.63 bits per heavy atom. The highest BCUT2D eigenvalue weighted by Gasteiger charge is 2.20. The number of nitrogens with zero attached hydrogens (tertiary/aromatic N) is 2. The van der Waals surface area contributed by atoms with Crippen molar-refractivity contribution in [3.8, 4) is 28.5 Å². The van der Waals surface area contributed by atoms with Crippen molar-refractivity contribution in [3.63, 3.8) is 0 Å². The second-order valence-corrected chi connectivity index (χ2v) is 8.89. The van der Waals surface area contributed by atoms with Crippen LogP contribution in [0.2, 0.25) is 5.02 Å². The van der Waals surface area contributed by atoms with Crippen LogP contribution in [0.15, 0.2) is 87.3 Å². The number of aliphatic carboxylic acids is 1. The number of aromatic nitrogens is 3. The molecule has 0 aliphatic carbocycles. The summed E-state index contributed by atoms with van der Waals surface area (Å²) in [5.74, 6) is -0.428. The molecule has 2 aromatic heterocycles. The highest BCUT2D eigenvalue weighted by atomic mass is 35.5. The van der Waals surface area contributed by atoms with Gasteiger partial charge in [0, 0.05) is 21.5 Å². The number of ether oxygens (including phenoxy) is 1. The lowest BCUT2D eigenvalue weighted by Crippen LogP contribution is -1.97. The Hall–Kier alpha value is -4.01. The molecule has 0 bridgehead atoms. The van der Waals surface area contributed by atoms with Crippen molar-refractivity contribution in [3.05, 3.63) is 88.3 Å². The second-order valence-electron chi connectivity index (χ2n) is 7.46. The number of methoxy groups -OCH3 is 1. The fourth-order valence-corrected chi connectivity index (χ4v) is 4.54. The molecular weight excluding hydrogens is 486 g/mol.